The third kappa shape index (κ3) is 3.58. The van der Waals surface area contributed by atoms with Gasteiger partial charge in [-0.25, -0.2) is 0 Å². The highest BCUT2D eigenvalue weighted by Crippen LogP contribution is 2.22. The topological polar surface area (TPSA) is 23.5 Å². The Hall–Kier alpha value is -0.0800. The Morgan fingerprint density at radius 3 is 2.36 bits per heavy atom. The minimum absolute atomic E-state index is 0.134. The number of hydrogen-bond acceptors (Lipinski definition) is 2. The molecular formula is C12H25NO. The summed E-state index contributed by atoms with van der Waals surface area (Å²) in [6.07, 6.45) is 6.01. The first kappa shape index (κ1) is 12.0. The number of rotatable bonds is 4. The molecular weight excluding hydrogens is 174 g/mol. The molecule has 1 unspecified atom stereocenters. The summed E-state index contributed by atoms with van der Waals surface area (Å²) in [6, 6.07) is 1.49. The van der Waals surface area contributed by atoms with Crippen molar-refractivity contribution < 1.29 is 5.11 Å². The summed E-state index contributed by atoms with van der Waals surface area (Å²) < 4.78 is 0. The predicted molar refractivity (Wildman–Crippen MR) is 60.4 cm³/mol. The molecule has 0 amide bonds. The van der Waals surface area contributed by atoms with Gasteiger partial charge in [0, 0.05) is 12.1 Å². The van der Waals surface area contributed by atoms with Gasteiger partial charge in [0.05, 0.1) is 6.10 Å². The molecule has 1 fully saturated rings. The largest absolute Gasteiger partial charge is 0.393 e. The molecule has 84 valence electrons. The highest BCUT2D eigenvalue weighted by molar-refractivity contribution is 4.79. The Kier molecular flexibility index (Phi) is 4.90. The summed E-state index contributed by atoms with van der Waals surface area (Å²) in [5.41, 5.74) is 0. The van der Waals surface area contributed by atoms with E-state index < -0.39 is 0 Å². The second kappa shape index (κ2) is 5.72. The maximum absolute atomic E-state index is 9.20. The number of likely N-dealkylation sites (tertiary alicyclic amines) is 1. The van der Waals surface area contributed by atoms with Gasteiger partial charge < -0.3 is 5.11 Å². The van der Waals surface area contributed by atoms with E-state index in [1.807, 2.05) is 6.92 Å². The summed E-state index contributed by atoms with van der Waals surface area (Å²) >= 11 is 0. The minimum atomic E-state index is -0.134. The van der Waals surface area contributed by atoms with Crippen molar-refractivity contribution >= 4 is 0 Å². The molecule has 0 aromatic heterocycles. The summed E-state index contributed by atoms with van der Waals surface area (Å²) in [5.74, 6) is 0. The zero-order chi connectivity index (χ0) is 10.6. The third-order valence-corrected chi connectivity index (χ3v) is 3.41. The first-order chi connectivity index (χ1) is 6.61. The lowest BCUT2D eigenvalue weighted by atomic mass is 9.97. The van der Waals surface area contributed by atoms with E-state index in [0.29, 0.717) is 0 Å². The van der Waals surface area contributed by atoms with Gasteiger partial charge in [-0.05, 0) is 53.0 Å². The van der Waals surface area contributed by atoms with Crippen molar-refractivity contribution in [2.75, 3.05) is 6.54 Å². The fourth-order valence-electron chi connectivity index (χ4n) is 2.48. The zero-order valence-corrected chi connectivity index (χ0v) is 9.87. The van der Waals surface area contributed by atoms with Crippen molar-refractivity contribution in [2.45, 2.75) is 71.1 Å². The van der Waals surface area contributed by atoms with Crippen molar-refractivity contribution in [1.82, 2.24) is 4.90 Å². The van der Waals surface area contributed by atoms with Gasteiger partial charge in [-0.3, -0.25) is 4.90 Å². The SMILES string of the molecule is CC(O)CCCN1[C@H](C)CCC[C@@H]1C. The molecule has 0 saturated carbocycles. The van der Waals surface area contributed by atoms with Gasteiger partial charge in [-0.15, -0.1) is 0 Å². The molecule has 1 aliphatic rings. The fraction of sp³-hybridized carbons (Fsp3) is 1.00. The highest BCUT2D eigenvalue weighted by atomic mass is 16.3. The number of nitrogens with zero attached hydrogens (tertiary/aromatic N) is 1. The molecule has 3 atom stereocenters. The van der Waals surface area contributed by atoms with Crippen molar-refractivity contribution in [1.29, 1.82) is 0 Å². The first-order valence-corrected chi connectivity index (χ1v) is 6.05. The van der Waals surface area contributed by atoms with E-state index >= 15 is 0 Å². The number of aliphatic hydroxyl groups excluding tert-OH is 1. The number of aliphatic hydroxyl groups is 1. The van der Waals surface area contributed by atoms with E-state index in [4.69, 9.17) is 0 Å². The molecule has 0 spiro atoms. The molecule has 0 radical (unpaired) electrons. The van der Waals surface area contributed by atoms with Crippen molar-refractivity contribution in [3.05, 3.63) is 0 Å². The normalized spacial score (nSPS) is 31.7. The van der Waals surface area contributed by atoms with Gasteiger partial charge >= 0.3 is 0 Å². The van der Waals surface area contributed by atoms with Crippen LogP contribution >= 0.6 is 0 Å². The second-order valence-corrected chi connectivity index (χ2v) is 4.86. The molecule has 1 rings (SSSR count). The van der Waals surface area contributed by atoms with Gasteiger partial charge in [0.1, 0.15) is 0 Å². The zero-order valence-electron chi connectivity index (χ0n) is 9.87. The smallest absolute Gasteiger partial charge is 0.0512 e. The average molecular weight is 199 g/mol. The van der Waals surface area contributed by atoms with Gasteiger partial charge in [-0.2, -0.15) is 0 Å². The van der Waals surface area contributed by atoms with E-state index in [1.165, 1.54) is 19.3 Å². The van der Waals surface area contributed by atoms with E-state index in [0.717, 1.165) is 31.5 Å². The number of piperidine rings is 1. The standard InChI is InChI=1S/C12H25NO/c1-10-6-4-7-11(2)13(10)9-5-8-12(3)14/h10-12,14H,4-9H2,1-3H3/t10-,11+,12?. The van der Waals surface area contributed by atoms with Gasteiger partial charge in [0.2, 0.25) is 0 Å². The number of hydrogen-bond donors (Lipinski definition) is 1. The monoisotopic (exact) mass is 199 g/mol. The highest BCUT2D eigenvalue weighted by Gasteiger charge is 2.23. The summed E-state index contributed by atoms with van der Waals surface area (Å²) in [6.45, 7) is 7.70. The van der Waals surface area contributed by atoms with E-state index in [2.05, 4.69) is 18.7 Å². The van der Waals surface area contributed by atoms with Crippen LogP contribution in [0, 0.1) is 0 Å². The lowest BCUT2D eigenvalue weighted by Crippen LogP contribution is -2.44. The second-order valence-electron chi connectivity index (χ2n) is 4.86. The first-order valence-electron chi connectivity index (χ1n) is 6.05. The lowest BCUT2D eigenvalue weighted by Gasteiger charge is -2.39. The van der Waals surface area contributed by atoms with E-state index in [9.17, 15) is 5.11 Å². The van der Waals surface area contributed by atoms with Crippen LogP contribution in [0.15, 0.2) is 0 Å². The van der Waals surface area contributed by atoms with Gasteiger partial charge in [0.15, 0.2) is 0 Å². The summed E-state index contributed by atoms with van der Waals surface area (Å²) in [7, 11) is 0. The maximum atomic E-state index is 9.20. The quantitative estimate of drug-likeness (QED) is 0.751. The molecule has 2 heteroatoms. The Labute approximate surface area is 88.3 Å². The maximum Gasteiger partial charge on any atom is 0.0512 e. The van der Waals surface area contributed by atoms with Gasteiger partial charge in [0.25, 0.3) is 0 Å². The van der Waals surface area contributed by atoms with Crippen LogP contribution in [-0.4, -0.2) is 34.7 Å². The molecule has 1 aliphatic heterocycles. The van der Waals surface area contributed by atoms with Crippen molar-refractivity contribution in [3.63, 3.8) is 0 Å². The van der Waals surface area contributed by atoms with Gasteiger partial charge in [-0.1, -0.05) is 6.42 Å². The van der Waals surface area contributed by atoms with Crippen LogP contribution < -0.4 is 0 Å². The van der Waals surface area contributed by atoms with Crippen LogP contribution in [0.25, 0.3) is 0 Å². The molecule has 1 heterocycles. The Balaban J connectivity index is 2.26. The molecule has 1 N–H and O–H groups in total. The van der Waals surface area contributed by atoms with Crippen LogP contribution in [0.3, 0.4) is 0 Å². The minimum Gasteiger partial charge on any atom is -0.393 e. The summed E-state index contributed by atoms with van der Waals surface area (Å²) in [4.78, 5) is 2.60. The average Bonchev–Trinajstić information content (AvgIpc) is 2.09. The van der Waals surface area contributed by atoms with Crippen LogP contribution in [0.4, 0.5) is 0 Å². The fourth-order valence-corrected chi connectivity index (χ4v) is 2.48. The Morgan fingerprint density at radius 1 is 1.29 bits per heavy atom. The lowest BCUT2D eigenvalue weighted by molar-refractivity contribution is 0.0933. The van der Waals surface area contributed by atoms with Crippen LogP contribution in [-0.2, 0) is 0 Å². The van der Waals surface area contributed by atoms with Crippen LogP contribution in [0.5, 0.6) is 0 Å². The van der Waals surface area contributed by atoms with Crippen LogP contribution in [0.2, 0.25) is 0 Å². The molecule has 0 bridgehead atoms. The molecule has 2 nitrogen and oxygen atoms in total. The van der Waals surface area contributed by atoms with E-state index in [1.54, 1.807) is 0 Å². The molecule has 1 saturated heterocycles. The van der Waals surface area contributed by atoms with Crippen molar-refractivity contribution in [3.8, 4) is 0 Å². The predicted octanol–water partition coefficient (Wildman–Crippen LogP) is 2.41. The molecule has 0 aliphatic carbocycles. The van der Waals surface area contributed by atoms with Crippen LogP contribution in [0.1, 0.15) is 52.9 Å². The Morgan fingerprint density at radius 2 is 1.86 bits per heavy atom. The Bertz CT molecular complexity index is 148. The van der Waals surface area contributed by atoms with Crippen molar-refractivity contribution in [2.24, 2.45) is 0 Å². The van der Waals surface area contributed by atoms with E-state index in [-0.39, 0.29) is 6.10 Å². The molecule has 0 aromatic rings. The summed E-state index contributed by atoms with van der Waals surface area (Å²) in [5, 5.41) is 9.20. The molecule has 0 aromatic carbocycles. The third-order valence-electron chi connectivity index (χ3n) is 3.41. The molecule has 14 heavy (non-hydrogen) atoms.